The first-order valence-electron chi connectivity index (χ1n) is 5.00. The zero-order valence-corrected chi connectivity index (χ0v) is 11.0. The molecule has 0 bridgehead atoms. The molecule has 1 aromatic heterocycles. The topological polar surface area (TPSA) is 63.0 Å². The van der Waals surface area contributed by atoms with Crippen LogP contribution in [0.1, 0.15) is 40.7 Å². The summed E-state index contributed by atoms with van der Waals surface area (Å²) in [5.74, 6) is -0.960. The van der Waals surface area contributed by atoms with Gasteiger partial charge in [-0.05, 0) is 13.0 Å². The maximum Gasteiger partial charge on any atom is 0.341 e. The van der Waals surface area contributed by atoms with Crippen LogP contribution in [0.5, 0.6) is 0 Å². The summed E-state index contributed by atoms with van der Waals surface area (Å²) in [6, 6.07) is 2.99. The summed E-state index contributed by atoms with van der Waals surface area (Å²) in [4.78, 5) is 15.2. The fourth-order valence-corrected chi connectivity index (χ4v) is 1.64. The molecule has 0 saturated heterocycles. The van der Waals surface area contributed by atoms with Crippen molar-refractivity contribution < 1.29 is 18.3 Å². The van der Waals surface area contributed by atoms with E-state index in [-0.39, 0.29) is 23.2 Å². The molecule has 0 unspecified atom stereocenters. The number of esters is 1. The van der Waals surface area contributed by atoms with E-state index >= 15 is 0 Å². The highest BCUT2D eigenvalue weighted by molar-refractivity contribution is 9.08. The van der Waals surface area contributed by atoms with E-state index in [0.29, 0.717) is 0 Å². The lowest BCUT2D eigenvalue weighted by atomic mass is 10.1. The van der Waals surface area contributed by atoms with Gasteiger partial charge in [0.15, 0.2) is 0 Å². The van der Waals surface area contributed by atoms with Crippen molar-refractivity contribution in [1.82, 2.24) is 4.98 Å². The number of halogens is 3. The Balaban J connectivity index is 3.45. The minimum absolute atomic E-state index is 0.0343. The first kappa shape index (κ1) is 14.5. The summed E-state index contributed by atoms with van der Waals surface area (Å²) in [6.07, 6.45) is -2.95. The molecule has 4 nitrogen and oxygen atoms in total. The third-order valence-electron chi connectivity index (χ3n) is 2.04. The van der Waals surface area contributed by atoms with Crippen LogP contribution >= 0.6 is 15.9 Å². The maximum absolute atomic E-state index is 12.9. The molecule has 0 aliphatic rings. The van der Waals surface area contributed by atoms with E-state index in [1.54, 1.807) is 13.0 Å². The SMILES string of the molecule is CCOC(=O)c1c(C#N)cc(CBr)nc1C(F)F. The molecule has 0 radical (unpaired) electrons. The van der Waals surface area contributed by atoms with E-state index < -0.39 is 23.7 Å². The molecule has 0 aromatic carbocycles. The number of nitrogens with zero attached hydrogens (tertiary/aromatic N) is 2. The van der Waals surface area contributed by atoms with Crippen LogP contribution in [0.25, 0.3) is 0 Å². The van der Waals surface area contributed by atoms with Gasteiger partial charge in [0.1, 0.15) is 17.3 Å². The molecule has 1 rings (SSSR count). The van der Waals surface area contributed by atoms with Crippen LogP contribution in [0.4, 0.5) is 8.78 Å². The average molecular weight is 319 g/mol. The van der Waals surface area contributed by atoms with Crippen LogP contribution < -0.4 is 0 Å². The quantitative estimate of drug-likeness (QED) is 0.632. The predicted octanol–water partition coefficient (Wildman–Crippen LogP) is 2.96. The Kier molecular flexibility index (Phi) is 5.16. The zero-order chi connectivity index (χ0) is 13.7. The number of pyridine rings is 1. The summed E-state index contributed by atoms with van der Waals surface area (Å²) in [7, 11) is 0. The minimum Gasteiger partial charge on any atom is -0.462 e. The highest BCUT2D eigenvalue weighted by atomic mass is 79.9. The molecular weight excluding hydrogens is 310 g/mol. The number of alkyl halides is 3. The van der Waals surface area contributed by atoms with Gasteiger partial charge in [0.05, 0.1) is 17.9 Å². The fourth-order valence-electron chi connectivity index (χ4n) is 1.35. The molecule has 18 heavy (non-hydrogen) atoms. The Hall–Kier alpha value is -1.55. The number of nitriles is 1. The van der Waals surface area contributed by atoms with E-state index in [2.05, 4.69) is 25.7 Å². The number of ether oxygens (including phenoxy) is 1. The van der Waals surface area contributed by atoms with E-state index in [0.717, 1.165) is 0 Å². The van der Waals surface area contributed by atoms with Gasteiger partial charge in [0.2, 0.25) is 0 Å². The van der Waals surface area contributed by atoms with Crippen molar-refractivity contribution in [2.24, 2.45) is 0 Å². The lowest BCUT2D eigenvalue weighted by Crippen LogP contribution is -2.13. The first-order chi connectivity index (χ1) is 8.54. The molecule has 0 fully saturated rings. The number of hydrogen-bond donors (Lipinski definition) is 0. The van der Waals surface area contributed by atoms with Crippen molar-refractivity contribution in [3.63, 3.8) is 0 Å². The Labute approximate surface area is 111 Å². The summed E-state index contributed by atoms with van der Waals surface area (Å²) in [5, 5.41) is 9.13. The van der Waals surface area contributed by atoms with Crippen LogP contribution in [0.3, 0.4) is 0 Å². The molecule has 0 spiro atoms. The number of hydrogen-bond acceptors (Lipinski definition) is 4. The Morgan fingerprint density at radius 2 is 2.33 bits per heavy atom. The Bertz CT molecular complexity index is 501. The molecule has 0 saturated carbocycles. The Morgan fingerprint density at radius 3 is 2.78 bits per heavy atom. The lowest BCUT2D eigenvalue weighted by Gasteiger charge is -2.10. The van der Waals surface area contributed by atoms with Crippen molar-refractivity contribution in [3.05, 3.63) is 28.6 Å². The zero-order valence-electron chi connectivity index (χ0n) is 9.41. The van der Waals surface area contributed by atoms with Gasteiger partial charge >= 0.3 is 5.97 Å². The van der Waals surface area contributed by atoms with Crippen LogP contribution in [0.2, 0.25) is 0 Å². The first-order valence-corrected chi connectivity index (χ1v) is 6.12. The largest absolute Gasteiger partial charge is 0.462 e. The van der Waals surface area contributed by atoms with Gasteiger partial charge in [0, 0.05) is 5.33 Å². The van der Waals surface area contributed by atoms with Gasteiger partial charge in [-0.15, -0.1) is 0 Å². The second-order valence-electron chi connectivity index (χ2n) is 3.19. The lowest BCUT2D eigenvalue weighted by molar-refractivity contribution is 0.0513. The van der Waals surface area contributed by atoms with Crippen LogP contribution in [0, 0.1) is 11.3 Å². The molecular formula is C11H9BrF2N2O2. The van der Waals surface area contributed by atoms with E-state index in [4.69, 9.17) is 5.26 Å². The monoisotopic (exact) mass is 318 g/mol. The fraction of sp³-hybridized carbons (Fsp3) is 0.364. The van der Waals surface area contributed by atoms with Crippen LogP contribution in [0.15, 0.2) is 6.07 Å². The van der Waals surface area contributed by atoms with Crippen molar-refractivity contribution in [2.45, 2.75) is 18.7 Å². The molecule has 0 amide bonds. The molecule has 0 atom stereocenters. The van der Waals surface area contributed by atoms with Gasteiger partial charge in [-0.25, -0.2) is 18.6 Å². The second kappa shape index (κ2) is 6.40. The van der Waals surface area contributed by atoms with E-state index in [1.165, 1.54) is 6.07 Å². The molecule has 0 N–H and O–H groups in total. The molecule has 0 aliphatic carbocycles. The van der Waals surface area contributed by atoms with Gasteiger partial charge in [-0.2, -0.15) is 5.26 Å². The number of aromatic nitrogens is 1. The van der Waals surface area contributed by atoms with Crippen LogP contribution in [-0.2, 0) is 10.1 Å². The van der Waals surface area contributed by atoms with E-state index in [9.17, 15) is 13.6 Å². The maximum atomic E-state index is 12.9. The van der Waals surface area contributed by atoms with Crippen molar-refractivity contribution in [2.75, 3.05) is 6.61 Å². The smallest absolute Gasteiger partial charge is 0.341 e. The van der Waals surface area contributed by atoms with Crippen molar-refractivity contribution in [3.8, 4) is 6.07 Å². The molecule has 96 valence electrons. The second-order valence-corrected chi connectivity index (χ2v) is 3.75. The standard InChI is InChI=1S/C11H9BrF2N2O2/c1-2-18-11(17)8-6(5-15)3-7(4-12)16-9(8)10(13)14/h3,10H,2,4H2,1H3. The van der Waals surface area contributed by atoms with Crippen LogP contribution in [-0.4, -0.2) is 17.6 Å². The number of carbonyl (C=O) groups is 1. The summed E-state index contributed by atoms with van der Waals surface area (Å²) in [6.45, 7) is 1.58. The average Bonchev–Trinajstić information content (AvgIpc) is 2.37. The molecule has 0 aliphatic heterocycles. The molecule has 1 heterocycles. The third kappa shape index (κ3) is 3.01. The molecule has 1 aromatic rings. The number of carbonyl (C=O) groups excluding carboxylic acids is 1. The van der Waals surface area contributed by atoms with Crippen molar-refractivity contribution in [1.29, 1.82) is 5.26 Å². The van der Waals surface area contributed by atoms with Crippen molar-refractivity contribution >= 4 is 21.9 Å². The highest BCUT2D eigenvalue weighted by Crippen LogP contribution is 2.25. The third-order valence-corrected chi connectivity index (χ3v) is 2.62. The number of rotatable bonds is 4. The normalized spacial score (nSPS) is 10.2. The van der Waals surface area contributed by atoms with Gasteiger partial charge in [-0.1, -0.05) is 15.9 Å². The predicted molar refractivity (Wildman–Crippen MR) is 62.5 cm³/mol. The highest BCUT2D eigenvalue weighted by Gasteiger charge is 2.25. The minimum atomic E-state index is -2.95. The van der Waals surface area contributed by atoms with E-state index in [1.807, 2.05) is 0 Å². The summed E-state index contributed by atoms with van der Waals surface area (Å²) in [5.41, 5.74) is -1.08. The Morgan fingerprint density at radius 1 is 1.67 bits per heavy atom. The van der Waals surface area contributed by atoms with Gasteiger partial charge < -0.3 is 4.74 Å². The van der Waals surface area contributed by atoms with Gasteiger partial charge in [-0.3, -0.25) is 0 Å². The summed E-state index contributed by atoms with van der Waals surface area (Å²) >= 11 is 3.06. The summed E-state index contributed by atoms with van der Waals surface area (Å²) < 4.78 is 30.4. The molecule has 7 heteroatoms. The van der Waals surface area contributed by atoms with Gasteiger partial charge in [0.25, 0.3) is 6.43 Å².